The molecule has 0 bridgehead atoms. The monoisotopic (exact) mass is 481 g/mol. The van der Waals surface area contributed by atoms with E-state index in [1.165, 1.54) is 31.3 Å². The van der Waals surface area contributed by atoms with Crippen molar-refractivity contribution in [3.8, 4) is 22.0 Å². The second kappa shape index (κ2) is 10.7. The Morgan fingerprint density at radius 3 is 2.85 bits per heavy atom. The Labute approximate surface area is 205 Å². The van der Waals surface area contributed by atoms with Gasteiger partial charge in [0.05, 0.1) is 22.0 Å². The number of hydrogen-bond acceptors (Lipinski definition) is 3. The molecule has 1 N–H and O–H groups in total. The largest absolute Gasteiger partial charge is 0.350 e. The molecule has 174 valence electrons. The Hall–Kier alpha value is -2.37. The fraction of sp³-hybridized carbons (Fsp3) is 0.407. The summed E-state index contributed by atoms with van der Waals surface area (Å²) in [5.41, 5.74) is 6.07. The number of halogens is 1. The third kappa shape index (κ3) is 5.42. The topological polar surface area (TPSA) is 46.9 Å². The zero-order valence-corrected chi connectivity index (χ0v) is 21.2. The molecule has 2 aromatic heterocycles. The standard InChI is InChI=1S/C27H32ClN3OS/c1-4-18(2)29-26(32)22-16-25(31(19(22)3)15-14-20-10-6-5-7-11-20)24-17-33-27(30-24)21-12-8-9-13-23(21)28/h8-10,12-13,16-18H,4-7,11,14-15H2,1-3H3,(H,29,32). The van der Waals surface area contributed by atoms with Crippen molar-refractivity contribution < 1.29 is 4.79 Å². The van der Waals surface area contributed by atoms with Crippen molar-refractivity contribution in [1.82, 2.24) is 14.9 Å². The van der Waals surface area contributed by atoms with Crippen LogP contribution in [0.5, 0.6) is 0 Å². The van der Waals surface area contributed by atoms with Crippen LogP contribution in [0.2, 0.25) is 5.02 Å². The number of nitrogens with one attached hydrogen (secondary N) is 1. The third-order valence-corrected chi connectivity index (χ3v) is 7.72. The average molecular weight is 482 g/mol. The molecule has 1 aromatic carbocycles. The highest BCUT2D eigenvalue weighted by molar-refractivity contribution is 7.13. The molecule has 2 heterocycles. The van der Waals surface area contributed by atoms with Gasteiger partial charge in [0.1, 0.15) is 5.01 Å². The lowest BCUT2D eigenvalue weighted by atomic mass is 9.97. The minimum atomic E-state index is -0.0136. The van der Waals surface area contributed by atoms with Crippen LogP contribution in [0.25, 0.3) is 22.0 Å². The van der Waals surface area contributed by atoms with Crippen LogP contribution in [-0.2, 0) is 6.54 Å². The van der Waals surface area contributed by atoms with Crippen LogP contribution in [0.1, 0.15) is 68.4 Å². The summed E-state index contributed by atoms with van der Waals surface area (Å²) in [6.07, 6.45) is 9.25. The SMILES string of the molecule is CCC(C)NC(=O)c1cc(-c2csc(-c3ccccc3Cl)n2)n(CCC2=CCCCC2)c1C. The highest BCUT2D eigenvalue weighted by Crippen LogP contribution is 2.35. The first-order chi connectivity index (χ1) is 16.0. The number of carbonyl (C=O) groups is 1. The van der Waals surface area contributed by atoms with E-state index >= 15 is 0 Å². The van der Waals surface area contributed by atoms with Crippen LogP contribution in [0.15, 0.2) is 47.4 Å². The van der Waals surface area contributed by atoms with E-state index in [1.807, 2.05) is 44.2 Å². The maximum atomic E-state index is 13.0. The maximum absolute atomic E-state index is 13.0. The number of amides is 1. The lowest BCUT2D eigenvalue weighted by molar-refractivity contribution is 0.0938. The van der Waals surface area contributed by atoms with Crippen molar-refractivity contribution in [2.24, 2.45) is 0 Å². The van der Waals surface area contributed by atoms with Gasteiger partial charge in [-0.25, -0.2) is 4.98 Å². The Morgan fingerprint density at radius 1 is 1.30 bits per heavy atom. The number of allylic oxidation sites excluding steroid dienone is 2. The van der Waals surface area contributed by atoms with Crippen molar-refractivity contribution >= 4 is 28.8 Å². The molecule has 4 nitrogen and oxygen atoms in total. The summed E-state index contributed by atoms with van der Waals surface area (Å²) in [6.45, 7) is 7.02. The summed E-state index contributed by atoms with van der Waals surface area (Å²) >= 11 is 8.00. The molecule has 1 atom stereocenters. The van der Waals surface area contributed by atoms with Gasteiger partial charge in [0.2, 0.25) is 0 Å². The van der Waals surface area contributed by atoms with Crippen LogP contribution in [0.4, 0.5) is 0 Å². The smallest absolute Gasteiger partial charge is 0.253 e. The number of benzene rings is 1. The van der Waals surface area contributed by atoms with Gasteiger partial charge >= 0.3 is 0 Å². The molecule has 1 amide bonds. The van der Waals surface area contributed by atoms with E-state index in [-0.39, 0.29) is 11.9 Å². The molecule has 0 aliphatic heterocycles. The lowest BCUT2D eigenvalue weighted by Gasteiger charge is -2.16. The number of aromatic nitrogens is 2. The molecule has 6 heteroatoms. The van der Waals surface area contributed by atoms with Gasteiger partial charge in [-0.15, -0.1) is 11.3 Å². The van der Waals surface area contributed by atoms with Gasteiger partial charge < -0.3 is 9.88 Å². The molecule has 33 heavy (non-hydrogen) atoms. The molecule has 0 spiro atoms. The van der Waals surface area contributed by atoms with Crippen molar-refractivity contribution in [2.45, 2.75) is 71.9 Å². The van der Waals surface area contributed by atoms with Gasteiger partial charge in [-0.3, -0.25) is 4.79 Å². The van der Waals surface area contributed by atoms with Gasteiger partial charge in [0, 0.05) is 29.2 Å². The number of carbonyl (C=O) groups excluding carboxylic acids is 1. The Bertz CT molecular complexity index is 1160. The second-order valence-electron chi connectivity index (χ2n) is 8.84. The molecular formula is C27H32ClN3OS. The van der Waals surface area contributed by atoms with E-state index in [1.54, 1.807) is 11.3 Å². The predicted octanol–water partition coefficient (Wildman–Crippen LogP) is 7.66. The highest BCUT2D eigenvalue weighted by atomic mass is 35.5. The van der Waals surface area contributed by atoms with E-state index in [2.05, 4.69) is 28.3 Å². The summed E-state index contributed by atoms with van der Waals surface area (Å²) in [7, 11) is 0. The minimum Gasteiger partial charge on any atom is -0.350 e. The molecule has 0 saturated carbocycles. The van der Waals surface area contributed by atoms with E-state index < -0.39 is 0 Å². The van der Waals surface area contributed by atoms with E-state index in [0.717, 1.165) is 52.6 Å². The second-order valence-corrected chi connectivity index (χ2v) is 10.1. The first kappa shape index (κ1) is 23.8. The van der Waals surface area contributed by atoms with E-state index in [9.17, 15) is 4.79 Å². The van der Waals surface area contributed by atoms with Crippen LogP contribution >= 0.6 is 22.9 Å². The molecule has 3 aromatic rings. The van der Waals surface area contributed by atoms with E-state index in [4.69, 9.17) is 16.6 Å². The summed E-state index contributed by atoms with van der Waals surface area (Å²) in [4.78, 5) is 18.0. The average Bonchev–Trinajstić information content (AvgIpc) is 3.43. The van der Waals surface area contributed by atoms with Gasteiger partial charge in [-0.05, 0) is 64.5 Å². The molecule has 0 radical (unpaired) electrons. The predicted molar refractivity (Wildman–Crippen MR) is 139 cm³/mol. The minimum absolute atomic E-state index is 0.0136. The van der Waals surface area contributed by atoms with E-state index in [0.29, 0.717) is 5.02 Å². The Morgan fingerprint density at radius 2 is 2.12 bits per heavy atom. The first-order valence-electron chi connectivity index (χ1n) is 11.9. The number of rotatable bonds is 8. The number of hydrogen-bond donors (Lipinski definition) is 1. The van der Waals surface area contributed by atoms with Gasteiger partial charge in [-0.2, -0.15) is 0 Å². The molecule has 1 unspecified atom stereocenters. The molecule has 1 aliphatic rings. The molecule has 4 rings (SSSR count). The lowest BCUT2D eigenvalue weighted by Crippen LogP contribution is -2.32. The normalized spacial score (nSPS) is 14.7. The Balaban J connectivity index is 1.69. The quantitative estimate of drug-likeness (QED) is 0.335. The van der Waals surface area contributed by atoms with Crippen molar-refractivity contribution in [2.75, 3.05) is 0 Å². The highest BCUT2D eigenvalue weighted by Gasteiger charge is 2.21. The van der Waals surface area contributed by atoms with Crippen molar-refractivity contribution in [3.63, 3.8) is 0 Å². The fourth-order valence-corrected chi connectivity index (χ4v) is 5.45. The number of nitrogens with zero attached hydrogens (tertiary/aromatic N) is 2. The van der Waals surface area contributed by atoms with Crippen LogP contribution in [-0.4, -0.2) is 21.5 Å². The maximum Gasteiger partial charge on any atom is 0.253 e. The third-order valence-electron chi connectivity index (χ3n) is 6.51. The molecular weight excluding hydrogens is 450 g/mol. The summed E-state index contributed by atoms with van der Waals surface area (Å²) in [5.74, 6) is -0.0136. The number of thiazole rings is 1. The van der Waals surface area contributed by atoms with Gasteiger partial charge in [-0.1, -0.05) is 48.4 Å². The molecule has 0 fully saturated rings. The zero-order chi connectivity index (χ0) is 23.4. The van der Waals surface area contributed by atoms with Crippen LogP contribution in [0, 0.1) is 6.92 Å². The van der Waals surface area contributed by atoms with Crippen molar-refractivity contribution in [3.05, 3.63) is 63.6 Å². The van der Waals surface area contributed by atoms with Gasteiger partial charge in [0.25, 0.3) is 5.91 Å². The summed E-state index contributed by atoms with van der Waals surface area (Å²) < 4.78 is 2.27. The van der Waals surface area contributed by atoms with Crippen LogP contribution < -0.4 is 5.32 Å². The van der Waals surface area contributed by atoms with Gasteiger partial charge in [0.15, 0.2) is 0 Å². The molecule has 1 aliphatic carbocycles. The summed E-state index contributed by atoms with van der Waals surface area (Å²) in [5, 5.41) is 6.78. The zero-order valence-electron chi connectivity index (χ0n) is 19.7. The fourth-order valence-electron chi connectivity index (χ4n) is 4.32. The molecule has 0 saturated heterocycles. The first-order valence-corrected chi connectivity index (χ1v) is 13.1. The van der Waals surface area contributed by atoms with Crippen molar-refractivity contribution in [1.29, 1.82) is 0 Å². The summed E-state index contributed by atoms with van der Waals surface area (Å²) in [6, 6.07) is 9.94. The van der Waals surface area contributed by atoms with Crippen LogP contribution in [0.3, 0.4) is 0 Å². The Kier molecular flexibility index (Phi) is 7.71.